The topological polar surface area (TPSA) is 22.1 Å². The summed E-state index contributed by atoms with van der Waals surface area (Å²) in [5.74, 6) is 1.44. The van der Waals surface area contributed by atoms with Crippen LogP contribution >= 0.6 is 11.6 Å². The highest BCUT2D eigenvalue weighted by atomic mass is 35.5. The molecule has 0 fully saturated rings. The smallest absolute Gasteiger partial charge is 0.130 e. The van der Waals surface area contributed by atoms with E-state index in [0.29, 0.717) is 12.5 Å². The first kappa shape index (κ1) is 16.2. The molecule has 0 amide bonds. The van der Waals surface area contributed by atoms with Crippen molar-refractivity contribution in [2.24, 2.45) is 0 Å². The number of hydrogen-bond acceptors (Lipinski definition) is 2. The average Bonchev–Trinajstić information content (AvgIpc) is 2.67. The van der Waals surface area contributed by atoms with Gasteiger partial charge in [-0.1, -0.05) is 36.4 Å². The van der Waals surface area contributed by atoms with Crippen LogP contribution in [-0.2, 0) is 13.0 Å². The van der Waals surface area contributed by atoms with Gasteiger partial charge in [-0.15, -0.1) is 11.6 Å². The lowest BCUT2D eigenvalue weighted by Gasteiger charge is -2.20. The third-order valence-corrected chi connectivity index (χ3v) is 4.84. The molecule has 0 bridgehead atoms. The average molecular weight is 350 g/mol. The molecule has 2 nitrogen and oxygen atoms in total. The van der Waals surface area contributed by atoms with Crippen LogP contribution in [0.2, 0.25) is 0 Å². The molecule has 126 valence electrons. The van der Waals surface area contributed by atoms with Gasteiger partial charge in [0.05, 0.1) is 11.2 Å². The van der Waals surface area contributed by atoms with E-state index in [0.717, 1.165) is 35.2 Å². The number of alkyl halides is 1. The Morgan fingerprint density at radius 1 is 1.04 bits per heavy atom. The van der Waals surface area contributed by atoms with Crippen molar-refractivity contribution in [3.05, 3.63) is 77.5 Å². The van der Waals surface area contributed by atoms with Gasteiger partial charge in [-0.05, 0) is 60.2 Å². The summed E-state index contributed by atoms with van der Waals surface area (Å²) < 4.78 is 6.01. The summed E-state index contributed by atoms with van der Waals surface area (Å²) in [5, 5.41) is 1.15. The Morgan fingerprint density at radius 3 is 2.88 bits per heavy atom. The summed E-state index contributed by atoms with van der Waals surface area (Å²) in [5.41, 5.74) is 5.95. The zero-order valence-corrected chi connectivity index (χ0v) is 14.8. The lowest BCUT2D eigenvalue weighted by Crippen LogP contribution is -2.04. The first-order valence-electron chi connectivity index (χ1n) is 8.69. The zero-order chi connectivity index (χ0) is 17.1. The molecule has 0 aliphatic heterocycles. The molecule has 0 spiro atoms. The van der Waals surface area contributed by atoms with Crippen LogP contribution < -0.4 is 4.74 Å². The van der Waals surface area contributed by atoms with Crippen molar-refractivity contribution in [2.45, 2.75) is 25.9 Å². The first-order chi connectivity index (χ1) is 12.3. The molecule has 4 rings (SSSR count). The van der Waals surface area contributed by atoms with E-state index in [1.54, 1.807) is 0 Å². The van der Waals surface area contributed by atoms with Gasteiger partial charge in [0.15, 0.2) is 0 Å². The van der Waals surface area contributed by atoms with Crippen molar-refractivity contribution in [2.75, 3.05) is 5.88 Å². The molecule has 1 aromatic heterocycles. The van der Waals surface area contributed by atoms with Gasteiger partial charge in [-0.2, -0.15) is 0 Å². The van der Waals surface area contributed by atoms with Gasteiger partial charge < -0.3 is 4.74 Å². The molecule has 1 aliphatic carbocycles. The molecule has 3 aromatic rings. The van der Waals surface area contributed by atoms with Crippen LogP contribution in [0.1, 0.15) is 29.7 Å². The van der Waals surface area contributed by atoms with Crippen LogP contribution in [0.25, 0.3) is 16.5 Å². The molecule has 3 heteroatoms. The summed E-state index contributed by atoms with van der Waals surface area (Å²) in [4.78, 5) is 4.67. The fourth-order valence-corrected chi connectivity index (χ4v) is 3.60. The number of halogens is 1. The quantitative estimate of drug-likeness (QED) is 0.557. The fourth-order valence-electron chi connectivity index (χ4n) is 3.42. The predicted molar refractivity (Wildman–Crippen MR) is 104 cm³/mol. The molecule has 0 unspecified atom stereocenters. The Kier molecular flexibility index (Phi) is 4.71. The number of hydrogen-bond donors (Lipinski definition) is 0. The molecular formula is C22H20ClNO. The standard InChI is InChI=1S/C22H20ClNO/c23-13-12-17-6-3-5-16-9-11-20(14-21(16)17)25-15-19-10-8-18-4-1-2-7-22(18)24-19/h1-2,4,7-12,14H,3,5-6,13,15H2/b17-12+. The third-order valence-electron chi connectivity index (χ3n) is 4.69. The van der Waals surface area contributed by atoms with Crippen molar-refractivity contribution in [3.8, 4) is 5.75 Å². The van der Waals surface area contributed by atoms with Crippen molar-refractivity contribution < 1.29 is 4.74 Å². The largest absolute Gasteiger partial charge is 0.487 e. The van der Waals surface area contributed by atoms with E-state index in [1.165, 1.54) is 23.1 Å². The van der Waals surface area contributed by atoms with Gasteiger partial charge in [0, 0.05) is 11.3 Å². The Morgan fingerprint density at radius 2 is 1.96 bits per heavy atom. The Balaban J connectivity index is 1.54. The number of rotatable bonds is 4. The molecule has 0 radical (unpaired) electrons. The number of benzene rings is 2. The lowest BCUT2D eigenvalue weighted by molar-refractivity contribution is 0.301. The van der Waals surface area contributed by atoms with Gasteiger partial charge in [0.2, 0.25) is 0 Å². The highest BCUT2D eigenvalue weighted by molar-refractivity contribution is 6.19. The summed E-state index contributed by atoms with van der Waals surface area (Å²) in [6, 6.07) is 18.6. The van der Waals surface area contributed by atoms with E-state index in [2.05, 4.69) is 41.4 Å². The minimum Gasteiger partial charge on any atom is -0.487 e. The molecule has 1 aliphatic rings. The zero-order valence-electron chi connectivity index (χ0n) is 14.0. The number of ether oxygens (including phenoxy) is 1. The molecule has 2 aromatic carbocycles. The van der Waals surface area contributed by atoms with Crippen molar-refractivity contribution >= 4 is 28.1 Å². The summed E-state index contributed by atoms with van der Waals surface area (Å²) in [7, 11) is 0. The summed E-state index contributed by atoms with van der Waals surface area (Å²) in [6.45, 7) is 0.470. The Labute approximate surface area is 153 Å². The normalized spacial score (nSPS) is 15.3. The van der Waals surface area contributed by atoms with Crippen molar-refractivity contribution in [3.63, 3.8) is 0 Å². The number of nitrogens with zero attached hydrogens (tertiary/aromatic N) is 1. The highest BCUT2D eigenvalue weighted by Gasteiger charge is 2.14. The van der Waals surface area contributed by atoms with Crippen molar-refractivity contribution in [1.82, 2.24) is 4.98 Å². The number of aryl methyl sites for hydroxylation is 1. The molecule has 0 atom stereocenters. The maximum atomic E-state index is 6.01. The highest BCUT2D eigenvalue weighted by Crippen LogP contribution is 2.33. The molecule has 0 N–H and O–H groups in total. The fraction of sp³-hybridized carbons (Fsp3) is 0.227. The van der Waals surface area contributed by atoms with Crippen LogP contribution in [-0.4, -0.2) is 10.9 Å². The van der Waals surface area contributed by atoms with E-state index in [4.69, 9.17) is 16.3 Å². The van der Waals surface area contributed by atoms with Crippen LogP contribution in [0.4, 0.5) is 0 Å². The SMILES string of the molecule is ClC/C=C1\CCCc2ccc(OCc3ccc4ccccc4n3)cc21. The number of pyridine rings is 1. The van der Waals surface area contributed by atoms with Crippen LogP contribution in [0.3, 0.4) is 0 Å². The van der Waals surface area contributed by atoms with Crippen LogP contribution in [0.5, 0.6) is 5.75 Å². The minimum absolute atomic E-state index is 0.470. The Bertz CT molecular complexity index is 932. The number of aromatic nitrogens is 1. The van der Waals surface area contributed by atoms with E-state index in [1.807, 2.05) is 24.3 Å². The van der Waals surface area contributed by atoms with E-state index in [9.17, 15) is 0 Å². The maximum Gasteiger partial charge on any atom is 0.130 e. The second-order valence-electron chi connectivity index (χ2n) is 6.34. The van der Waals surface area contributed by atoms with E-state index in [-0.39, 0.29) is 0 Å². The Hall–Kier alpha value is -2.32. The van der Waals surface area contributed by atoms with Crippen LogP contribution in [0, 0.1) is 0 Å². The molecular weight excluding hydrogens is 330 g/mol. The second-order valence-corrected chi connectivity index (χ2v) is 6.65. The predicted octanol–water partition coefficient (Wildman–Crippen LogP) is 5.77. The van der Waals surface area contributed by atoms with E-state index < -0.39 is 0 Å². The number of allylic oxidation sites excluding steroid dienone is 2. The number of para-hydroxylation sites is 1. The molecule has 0 saturated carbocycles. The molecule has 0 saturated heterocycles. The summed E-state index contributed by atoms with van der Waals surface area (Å²) >= 11 is 5.91. The second kappa shape index (κ2) is 7.28. The maximum absolute atomic E-state index is 6.01. The van der Waals surface area contributed by atoms with Gasteiger partial charge in [-0.3, -0.25) is 0 Å². The molecule has 1 heterocycles. The number of fused-ring (bicyclic) bond motifs is 2. The van der Waals surface area contributed by atoms with Crippen molar-refractivity contribution in [1.29, 1.82) is 0 Å². The minimum atomic E-state index is 0.470. The lowest BCUT2D eigenvalue weighted by atomic mass is 9.87. The van der Waals surface area contributed by atoms with Gasteiger partial charge in [0.1, 0.15) is 12.4 Å². The van der Waals surface area contributed by atoms with Gasteiger partial charge in [0.25, 0.3) is 0 Å². The summed E-state index contributed by atoms with van der Waals surface area (Å²) in [6.07, 6.45) is 5.53. The van der Waals surface area contributed by atoms with Gasteiger partial charge >= 0.3 is 0 Å². The monoisotopic (exact) mass is 349 g/mol. The van der Waals surface area contributed by atoms with Gasteiger partial charge in [-0.25, -0.2) is 4.98 Å². The first-order valence-corrected chi connectivity index (χ1v) is 9.23. The van der Waals surface area contributed by atoms with E-state index >= 15 is 0 Å². The van der Waals surface area contributed by atoms with Crippen LogP contribution in [0.15, 0.2) is 60.7 Å². The molecule has 25 heavy (non-hydrogen) atoms. The third kappa shape index (κ3) is 3.54.